The quantitative estimate of drug-likeness (QED) is 0.876. The number of carbonyl (C=O) groups excluding carboxylic acids is 1. The molecule has 0 fully saturated rings. The Morgan fingerprint density at radius 3 is 3.00 bits per heavy atom. The van der Waals surface area contributed by atoms with Gasteiger partial charge < -0.3 is 19.5 Å². The van der Waals surface area contributed by atoms with Gasteiger partial charge in [-0.25, -0.2) is 0 Å². The molecule has 0 spiro atoms. The number of nitrogens with one attached hydrogen (secondary N) is 1. The third kappa shape index (κ3) is 3.56. The van der Waals surface area contributed by atoms with Crippen molar-refractivity contribution in [2.75, 3.05) is 13.4 Å². The Labute approximate surface area is 134 Å². The highest BCUT2D eigenvalue weighted by molar-refractivity contribution is 5.77. The Balaban J connectivity index is 1.50. The Hall–Kier alpha value is -2.70. The van der Waals surface area contributed by atoms with E-state index in [0.29, 0.717) is 23.8 Å². The smallest absolute Gasteiger partial charge is 0.258 e. The van der Waals surface area contributed by atoms with Crippen LogP contribution in [0.1, 0.15) is 18.3 Å². The standard InChI is InChI=1S/C16H19N3O4/c1-3-19-12(6-11(2)18-19)8-17-16(20)9-21-13-4-5-14-15(7-13)23-10-22-14/h4-7H,3,8-10H2,1-2H3,(H,17,20). The van der Waals surface area contributed by atoms with Crippen LogP contribution in [-0.4, -0.2) is 29.1 Å². The molecule has 7 heteroatoms. The van der Waals surface area contributed by atoms with Gasteiger partial charge in [-0.15, -0.1) is 0 Å². The van der Waals surface area contributed by atoms with Crippen LogP contribution in [0.3, 0.4) is 0 Å². The fourth-order valence-electron chi connectivity index (χ4n) is 2.37. The molecule has 1 N–H and O–H groups in total. The molecule has 0 saturated carbocycles. The number of ether oxygens (including phenoxy) is 3. The van der Waals surface area contributed by atoms with E-state index in [2.05, 4.69) is 10.4 Å². The first kappa shape index (κ1) is 15.2. The van der Waals surface area contributed by atoms with Crippen LogP contribution >= 0.6 is 0 Å². The molecule has 0 aliphatic carbocycles. The molecule has 23 heavy (non-hydrogen) atoms. The van der Waals surface area contributed by atoms with Gasteiger partial charge in [0.05, 0.1) is 17.9 Å². The number of amides is 1. The minimum absolute atomic E-state index is 0.0567. The van der Waals surface area contributed by atoms with Crippen molar-refractivity contribution in [1.82, 2.24) is 15.1 Å². The summed E-state index contributed by atoms with van der Waals surface area (Å²) >= 11 is 0. The number of aromatic nitrogens is 2. The van der Waals surface area contributed by atoms with Gasteiger partial charge in [0, 0.05) is 12.6 Å². The Kier molecular flexibility index (Phi) is 4.36. The molecular formula is C16H19N3O4. The number of nitrogens with zero attached hydrogens (tertiary/aromatic N) is 2. The molecule has 0 saturated heterocycles. The van der Waals surface area contributed by atoms with E-state index in [1.165, 1.54) is 0 Å². The zero-order valence-electron chi connectivity index (χ0n) is 13.2. The molecule has 122 valence electrons. The van der Waals surface area contributed by atoms with Crippen LogP contribution in [0.15, 0.2) is 24.3 Å². The zero-order chi connectivity index (χ0) is 16.2. The molecule has 0 atom stereocenters. The van der Waals surface area contributed by atoms with E-state index in [4.69, 9.17) is 14.2 Å². The van der Waals surface area contributed by atoms with E-state index in [-0.39, 0.29) is 19.3 Å². The fourth-order valence-corrected chi connectivity index (χ4v) is 2.37. The molecule has 1 aliphatic heterocycles. The van der Waals surface area contributed by atoms with Crippen molar-refractivity contribution in [3.63, 3.8) is 0 Å². The lowest BCUT2D eigenvalue weighted by atomic mass is 10.3. The van der Waals surface area contributed by atoms with Gasteiger partial charge in [-0.2, -0.15) is 5.10 Å². The molecule has 2 aromatic rings. The topological polar surface area (TPSA) is 74.6 Å². The summed E-state index contributed by atoms with van der Waals surface area (Å²) < 4.78 is 17.8. The average molecular weight is 317 g/mol. The highest BCUT2D eigenvalue weighted by Crippen LogP contribution is 2.34. The molecule has 1 amide bonds. The predicted molar refractivity (Wildman–Crippen MR) is 82.5 cm³/mol. The predicted octanol–water partition coefficient (Wildman–Crippen LogP) is 1.64. The van der Waals surface area contributed by atoms with E-state index in [0.717, 1.165) is 17.9 Å². The maximum absolute atomic E-state index is 11.9. The maximum Gasteiger partial charge on any atom is 0.258 e. The summed E-state index contributed by atoms with van der Waals surface area (Å²) in [6.07, 6.45) is 0. The minimum atomic E-state index is -0.191. The van der Waals surface area contributed by atoms with Gasteiger partial charge in [0.1, 0.15) is 5.75 Å². The summed E-state index contributed by atoms with van der Waals surface area (Å²) in [6.45, 7) is 5.30. The molecule has 3 rings (SSSR count). The summed E-state index contributed by atoms with van der Waals surface area (Å²) in [7, 11) is 0. The molecule has 0 unspecified atom stereocenters. The molecule has 1 aromatic heterocycles. The first-order valence-corrected chi connectivity index (χ1v) is 7.48. The number of rotatable bonds is 6. The van der Waals surface area contributed by atoms with Crippen molar-refractivity contribution >= 4 is 5.91 Å². The van der Waals surface area contributed by atoms with Gasteiger partial charge in [0.25, 0.3) is 5.91 Å². The van der Waals surface area contributed by atoms with Crippen LogP contribution in [0.4, 0.5) is 0 Å². The monoisotopic (exact) mass is 317 g/mol. The summed E-state index contributed by atoms with van der Waals surface area (Å²) in [6, 6.07) is 7.18. The van der Waals surface area contributed by atoms with E-state index < -0.39 is 0 Å². The van der Waals surface area contributed by atoms with Gasteiger partial charge in [0.15, 0.2) is 18.1 Å². The van der Waals surface area contributed by atoms with Crippen molar-refractivity contribution in [3.05, 3.63) is 35.7 Å². The lowest BCUT2D eigenvalue weighted by Crippen LogP contribution is -2.29. The number of hydrogen-bond donors (Lipinski definition) is 1. The lowest BCUT2D eigenvalue weighted by molar-refractivity contribution is -0.123. The fraction of sp³-hybridized carbons (Fsp3) is 0.375. The molecule has 0 radical (unpaired) electrons. The first-order valence-electron chi connectivity index (χ1n) is 7.48. The van der Waals surface area contributed by atoms with E-state index >= 15 is 0 Å². The van der Waals surface area contributed by atoms with Gasteiger partial charge in [-0.1, -0.05) is 0 Å². The van der Waals surface area contributed by atoms with Gasteiger partial charge in [-0.3, -0.25) is 9.48 Å². The van der Waals surface area contributed by atoms with Crippen LogP contribution in [0.5, 0.6) is 17.2 Å². The summed E-state index contributed by atoms with van der Waals surface area (Å²) in [5.74, 6) is 1.69. The molecule has 1 aliphatic rings. The second-order valence-corrected chi connectivity index (χ2v) is 5.17. The third-order valence-electron chi connectivity index (χ3n) is 3.47. The van der Waals surface area contributed by atoms with Crippen LogP contribution in [0.2, 0.25) is 0 Å². The Bertz CT molecular complexity index is 711. The van der Waals surface area contributed by atoms with E-state index in [9.17, 15) is 4.79 Å². The molecule has 0 bridgehead atoms. The summed E-state index contributed by atoms with van der Waals surface area (Å²) in [4.78, 5) is 11.9. The number of hydrogen-bond acceptors (Lipinski definition) is 5. The number of carbonyl (C=O) groups is 1. The van der Waals surface area contributed by atoms with Crippen LogP contribution < -0.4 is 19.5 Å². The second-order valence-electron chi connectivity index (χ2n) is 5.17. The average Bonchev–Trinajstić information content (AvgIpc) is 3.16. The van der Waals surface area contributed by atoms with Gasteiger partial charge in [-0.05, 0) is 32.0 Å². The third-order valence-corrected chi connectivity index (χ3v) is 3.47. The van der Waals surface area contributed by atoms with Crippen molar-refractivity contribution in [2.45, 2.75) is 26.9 Å². The van der Waals surface area contributed by atoms with Crippen molar-refractivity contribution < 1.29 is 19.0 Å². The van der Waals surface area contributed by atoms with Crippen LogP contribution in [-0.2, 0) is 17.9 Å². The van der Waals surface area contributed by atoms with Gasteiger partial charge >= 0.3 is 0 Å². The number of benzene rings is 1. The molecule has 7 nitrogen and oxygen atoms in total. The molecule has 2 heterocycles. The van der Waals surface area contributed by atoms with E-state index in [1.807, 2.05) is 24.6 Å². The normalized spacial score (nSPS) is 12.3. The highest BCUT2D eigenvalue weighted by Gasteiger charge is 2.14. The maximum atomic E-state index is 11.9. The minimum Gasteiger partial charge on any atom is -0.484 e. The Morgan fingerprint density at radius 2 is 2.17 bits per heavy atom. The number of aryl methyl sites for hydroxylation is 2. The van der Waals surface area contributed by atoms with Crippen molar-refractivity contribution in [2.24, 2.45) is 0 Å². The van der Waals surface area contributed by atoms with Crippen molar-refractivity contribution in [1.29, 1.82) is 0 Å². The second kappa shape index (κ2) is 6.60. The van der Waals surface area contributed by atoms with Crippen molar-refractivity contribution in [3.8, 4) is 17.2 Å². The first-order chi connectivity index (χ1) is 11.2. The highest BCUT2D eigenvalue weighted by atomic mass is 16.7. The lowest BCUT2D eigenvalue weighted by Gasteiger charge is -2.09. The van der Waals surface area contributed by atoms with Crippen LogP contribution in [0.25, 0.3) is 0 Å². The number of fused-ring (bicyclic) bond motifs is 1. The van der Waals surface area contributed by atoms with Crippen LogP contribution in [0, 0.1) is 6.92 Å². The SMILES string of the molecule is CCn1nc(C)cc1CNC(=O)COc1ccc2c(c1)OCO2. The summed E-state index contributed by atoms with van der Waals surface area (Å²) in [5, 5.41) is 7.17. The van der Waals surface area contributed by atoms with Gasteiger partial charge in [0.2, 0.25) is 6.79 Å². The molecular weight excluding hydrogens is 298 g/mol. The molecule has 1 aromatic carbocycles. The van der Waals surface area contributed by atoms with E-state index in [1.54, 1.807) is 18.2 Å². The largest absolute Gasteiger partial charge is 0.484 e. The summed E-state index contributed by atoms with van der Waals surface area (Å²) in [5.41, 5.74) is 1.91. The Morgan fingerprint density at radius 1 is 1.35 bits per heavy atom. The zero-order valence-corrected chi connectivity index (χ0v) is 13.2.